The zero-order valence-electron chi connectivity index (χ0n) is 14.6. The first-order valence-electron chi connectivity index (χ1n) is 8.99. The number of nitrogens with two attached hydrogens (primary N) is 1. The number of hydrogen-bond donors (Lipinski definition) is 3. The van der Waals surface area contributed by atoms with E-state index in [-0.39, 0.29) is 18.0 Å². The Balaban J connectivity index is 1.85. The molecule has 4 N–H and O–H groups in total. The van der Waals surface area contributed by atoms with Crippen LogP contribution in [-0.2, 0) is 4.74 Å². The van der Waals surface area contributed by atoms with Crippen molar-refractivity contribution >= 4 is 16.8 Å². The largest absolute Gasteiger partial charge is 0.464 e. The van der Waals surface area contributed by atoms with Gasteiger partial charge in [-0.2, -0.15) is 0 Å². The summed E-state index contributed by atoms with van der Waals surface area (Å²) >= 11 is 0. The highest BCUT2D eigenvalue weighted by atomic mass is 16.5. The number of amidine groups is 1. The van der Waals surface area contributed by atoms with Gasteiger partial charge in [-0.15, -0.1) is 0 Å². The van der Waals surface area contributed by atoms with Crippen molar-refractivity contribution in [3.8, 4) is 0 Å². The lowest BCUT2D eigenvalue weighted by atomic mass is 9.92. The zero-order chi connectivity index (χ0) is 17.9. The van der Waals surface area contributed by atoms with Crippen molar-refractivity contribution in [2.45, 2.75) is 25.0 Å². The number of nitrogen functional groups attached to an aromatic ring is 1. The third-order valence-corrected chi connectivity index (χ3v) is 4.95. The van der Waals surface area contributed by atoms with Gasteiger partial charge in [-0.05, 0) is 49.7 Å². The number of ether oxygens (including phenoxy) is 1. The summed E-state index contributed by atoms with van der Waals surface area (Å²) in [7, 11) is 0. The third kappa shape index (κ3) is 3.23. The molecule has 5 nitrogen and oxygen atoms in total. The van der Waals surface area contributed by atoms with E-state index in [4.69, 9.17) is 20.3 Å². The predicted molar refractivity (Wildman–Crippen MR) is 102 cm³/mol. The van der Waals surface area contributed by atoms with E-state index in [2.05, 4.69) is 17.4 Å². The first-order valence-corrected chi connectivity index (χ1v) is 8.99. The molecule has 2 heterocycles. The first kappa shape index (κ1) is 16.8. The standard InChI is InChI=1S/C21H23N3O2/c22-21(23)17-6-7-18-16(10-13-25-18)19(17)20(14-4-2-1-3-5-14)26-15-8-11-24-12-9-15/h1-7,10,13,15,20,24H,8-9,11-12H2,(H3,22,23). The van der Waals surface area contributed by atoms with E-state index in [0.29, 0.717) is 5.56 Å². The average molecular weight is 349 g/mol. The van der Waals surface area contributed by atoms with Crippen LogP contribution in [0.15, 0.2) is 59.2 Å². The van der Waals surface area contributed by atoms with Gasteiger partial charge in [0, 0.05) is 16.5 Å². The number of hydrogen-bond acceptors (Lipinski definition) is 4. The molecule has 1 fully saturated rings. The van der Waals surface area contributed by atoms with Crippen LogP contribution in [0.5, 0.6) is 0 Å². The number of furan rings is 1. The number of piperidine rings is 1. The van der Waals surface area contributed by atoms with Crippen LogP contribution in [0.4, 0.5) is 0 Å². The summed E-state index contributed by atoms with van der Waals surface area (Å²) in [5.41, 5.74) is 9.35. The first-order chi connectivity index (χ1) is 12.7. The van der Waals surface area contributed by atoms with E-state index in [1.54, 1.807) is 6.26 Å². The highest BCUT2D eigenvalue weighted by molar-refractivity contribution is 6.01. The lowest BCUT2D eigenvalue weighted by Gasteiger charge is -2.30. The second-order valence-corrected chi connectivity index (χ2v) is 6.65. The number of benzene rings is 2. The number of rotatable bonds is 5. The minimum absolute atomic E-state index is 0.0398. The molecule has 1 unspecified atom stereocenters. The van der Waals surface area contributed by atoms with Crippen LogP contribution < -0.4 is 11.1 Å². The zero-order valence-corrected chi connectivity index (χ0v) is 14.6. The molecule has 26 heavy (non-hydrogen) atoms. The van der Waals surface area contributed by atoms with Crippen LogP contribution in [0.1, 0.15) is 35.6 Å². The van der Waals surface area contributed by atoms with Crippen molar-refractivity contribution in [2.24, 2.45) is 5.73 Å². The maximum atomic E-state index is 8.06. The van der Waals surface area contributed by atoms with Gasteiger partial charge in [-0.25, -0.2) is 0 Å². The molecular formula is C21H23N3O2. The molecule has 1 saturated heterocycles. The molecule has 1 aliphatic rings. The SMILES string of the molecule is N=C(N)c1ccc2occc2c1C(OC1CCNCC1)c1ccccc1. The van der Waals surface area contributed by atoms with Crippen molar-refractivity contribution in [3.05, 3.63) is 71.5 Å². The molecule has 134 valence electrons. The molecule has 0 aliphatic carbocycles. The molecule has 2 aromatic carbocycles. The van der Waals surface area contributed by atoms with Crippen molar-refractivity contribution in [1.82, 2.24) is 5.32 Å². The molecule has 0 bridgehead atoms. The second kappa shape index (κ2) is 7.32. The summed E-state index contributed by atoms with van der Waals surface area (Å²) in [5, 5.41) is 12.4. The summed E-state index contributed by atoms with van der Waals surface area (Å²) < 4.78 is 12.2. The minimum atomic E-state index is -0.292. The number of fused-ring (bicyclic) bond motifs is 1. The molecule has 0 amide bonds. The number of nitrogens with one attached hydrogen (secondary N) is 2. The Kier molecular flexibility index (Phi) is 4.73. The summed E-state index contributed by atoms with van der Waals surface area (Å²) in [6, 6.07) is 15.8. The fourth-order valence-electron chi connectivity index (χ4n) is 3.65. The Morgan fingerprint density at radius 3 is 2.62 bits per heavy atom. The van der Waals surface area contributed by atoms with Gasteiger partial charge >= 0.3 is 0 Å². The van der Waals surface area contributed by atoms with Crippen LogP contribution in [-0.4, -0.2) is 25.0 Å². The van der Waals surface area contributed by atoms with Gasteiger partial charge < -0.3 is 20.2 Å². The van der Waals surface area contributed by atoms with Crippen LogP contribution in [0.3, 0.4) is 0 Å². The van der Waals surface area contributed by atoms with Gasteiger partial charge in [-0.3, -0.25) is 5.41 Å². The Hall–Kier alpha value is -2.63. The summed E-state index contributed by atoms with van der Waals surface area (Å²) in [4.78, 5) is 0. The molecule has 0 radical (unpaired) electrons. The molecule has 1 atom stereocenters. The smallest absolute Gasteiger partial charge is 0.134 e. The highest BCUT2D eigenvalue weighted by Crippen LogP contribution is 2.36. The van der Waals surface area contributed by atoms with Crippen molar-refractivity contribution in [1.29, 1.82) is 5.41 Å². The normalized spacial score (nSPS) is 16.6. The van der Waals surface area contributed by atoms with Crippen LogP contribution in [0.2, 0.25) is 0 Å². The van der Waals surface area contributed by atoms with Crippen molar-refractivity contribution in [2.75, 3.05) is 13.1 Å². The molecule has 1 aliphatic heterocycles. The molecular weight excluding hydrogens is 326 g/mol. The van der Waals surface area contributed by atoms with Gasteiger partial charge in [-0.1, -0.05) is 30.3 Å². The van der Waals surface area contributed by atoms with Crippen LogP contribution in [0.25, 0.3) is 11.0 Å². The molecule has 1 aromatic heterocycles. The average Bonchev–Trinajstić information content (AvgIpc) is 3.16. The Labute approximate surface area is 152 Å². The highest BCUT2D eigenvalue weighted by Gasteiger charge is 2.27. The maximum Gasteiger partial charge on any atom is 0.134 e. The maximum absolute atomic E-state index is 8.06. The Morgan fingerprint density at radius 2 is 1.88 bits per heavy atom. The quantitative estimate of drug-likeness (QED) is 0.486. The van der Waals surface area contributed by atoms with Gasteiger partial charge in [0.15, 0.2) is 0 Å². The lowest BCUT2D eigenvalue weighted by Crippen LogP contribution is -2.33. The molecule has 0 saturated carbocycles. The topological polar surface area (TPSA) is 84.3 Å². The van der Waals surface area contributed by atoms with Gasteiger partial charge in [0.25, 0.3) is 0 Å². The Bertz CT molecular complexity index is 898. The summed E-state index contributed by atoms with van der Waals surface area (Å²) in [5.74, 6) is 0.0398. The van der Waals surface area contributed by atoms with E-state index < -0.39 is 0 Å². The van der Waals surface area contributed by atoms with E-state index in [0.717, 1.165) is 48.0 Å². The van der Waals surface area contributed by atoms with E-state index in [1.165, 1.54) is 0 Å². The van der Waals surface area contributed by atoms with Crippen LogP contribution in [0, 0.1) is 5.41 Å². The van der Waals surface area contributed by atoms with Crippen molar-refractivity contribution in [3.63, 3.8) is 0 Å². The van der Waals surface area contributed by atoms with E-state index >= 15 is 0 Å². The van der Waals surface area contributed by atoms with Gasteiger partial charge in [0.1, 0.15) is 17.5 Å². The van der Waals surface area contributed by atoms with Gasteiger partial charge in [0.05, 0.1) is 12.4 Å². The lowest BCUT2D eigenvalue weighted by molar-refractivity contribution is -0.00749. The predicted octanol–water partition coefficient (Wildman–Crippen LogP) is 3.57. The third-order valence-electron chi connectivity index (χ3n) is 4.95. The molecule has 0 spiro atoms. The van der Waals surface area contributed by atoms with E-state index in [9.17, 15) is 0 Å². The minimum Gasteiger partial charge on any atom is -0.464 e. The molecule has 4 rings (SSSR count). The fraction of sp³-hybridized carbons (Fsp3) is 0.286. The van der Waals surface area contributed by atoms with E-state index in [1.807, 2.05) is 36.4 Å². The fourth-order valence-corrected chi connectivity index (χ4v) is 3.65. The summed E-state index contributed by atoms with van der Waals surface area (Å²) in [6.45, 7) is 1.92. The van der Waals surface area contributed by atoms with Crippen LogP contribution >= 0.6 is 0 Å². The Morgan fingerprint density at radius 1 is 1.12 bits per heavy atom. The van der Waals surface area contributed by atoms with Crippen molar-refractivity contribution < 1.29 is 9.15 Å². The molecule has 5 heteroatoms. The van der Waals surface area contributed by atoms with Gasteiger partial charge in [0.2, 0.25) is 0 Å². The molecule has 3 aromatic rings. The monoisotopic (exact) mass is 349 g/mol. The summed E-state index contributed by atoms with van der Waals surface area (Å²) in [6.07, 6.45) is 3.49. The second-order valence-electron chi connectivity index (χ2n) is 6.65.